The molecule has 1 aromatic rings. The van der Waals surface area contributed by atoms with E-state index in [9.17, 15) is 0 Å². The van der Waals surface area contributed by atoms with Gasteiger partial charge in [-0.3, -0.25) is 0 Å². The molecular weight excluding hydrogens is 156 g/mol. The minimum atomic E-state index is 0.900. The molecule has 70 valence electrons. The first kappa shape index (κ1) is 8.80. The van der Waals surface area contributed by atoms with Crippen LogP contribution in [0, 0.1) is 0 Å². The van der Waals surface area contributed by atoms with Gasteiger partial charge >= 0.3 is 0 Å². The Labute approximate surface area is 81.0 Å². The molecule has 0 nitrogen and oxygen atoms in total. The van der Waals surface area contributed by atoms with Crippen molar-refractivity contribution in [3.8, 4) is 0 Å². The van der Waals surface area contributed by atoms with Gasteiger partial charge in [0.05, 0.1) is 0 Å². The van der Waals surface area contributed by atoms with Gasteiger partial charge in [0.15, 0.2) is 0 Å². The highest BCUT2D eigenvalue weighted by molar-refractivity contribution is 5.34. The van der Waals surface area contributed by atoms with Crippen LogP contribution in [0.1, 0.15) is 49.3 Å². The van der Waals surface area contributed by atoms with E-state index in [2.05, 4.69) is 32.0 Å². The van der Waals surface area contributed by atoms with Crippen LogP contribution in [0.2, 0.25) is 0 Å². The molecule has 1 aliphatic rings. The molecule has 1 aliphatic carbocycles. The number of benzene rings is 1. The van der Waals surface area contributed by atoms with Gasteiger partial charge in [-0.1, -0.05) is 32.0 Å². The lowest BCUT2D eigenvalue weighted by molar-refractivity contribution is 1.04. The first-order chi connectivity index (χ1) is 6.33. The highest BCUT2D eigenvalue weighted by Crippen LogP contribution is 2.40. The molecule has 0 aliphatic heterocycles. The lowest BCUT2D eigenvalue weighted by Gasteiger charge is -2.06. The highest BCUT2D eigenvalue weighted by Gasteiger charge is 2.23. The maximum atomic E-state index is 2.40. The van der Waals surface area contributed by atoms with Crippen LogP contribution >= 0.6 is 0 Å². The van der Waals surface area contributed by atoms with Crippen molar-refractivity contribution in [3.63, 3.8) is 0 Å². The first-order valence-corrected chi connectivity index (χ1v) is 5.46. The Morgan fingerprint density at radius 2 is 1.54 bits per heavy atom. The molecule has 2 rings (SSSR count). The van der Waals surface area contributed by atoms with Gasteiger partial charge in [0, 0.05) is 0 Å². The van der Waals surface area contributed by atoms with Crippen molar-refractivity contribution in [2.75, 3.05) is 0 Å². The summed E-state index contributed by atoms with van der Waals surface area (Å²) in [6.07, 6.45) is 5.17. The van der Waals surface area contributed by atoms with E-state index in [1.165, 1.54) is 36.8 Å². The fraction of sp³-hybridized carbons (Fsp3) is 0.538. The molecule has 1 aromatic carbocycles. The summed E-state index contributed by atoms with van der Waals surface area (Å²) < 4.78 is 0. The van der Waals surface area contributed by atoms with Crippen LogP contribution in [-0.4, -0.2) is 0 Å². The summed E-state index contributed by atoms with van der Waals surface area (Å²) in [4.78, 5) is 0. The summed E-state index contributed by atoms with van der Waals surface area (Å²) in [6.45, 7) is 4.48. The summed E-state index contributed by atoms with van der Waals surface area (Å²) in [6, 6.07) is 7.15. The zero-order valence-corrected chi connectivity index (χ0v) is 8.64. The average molecular weight is 174 g/mol. The third-order valence-corrected chi connectivity index (χ3v) is 2.94. The molecule has 13 heavy (non-hydrogen) atoms. The molecule has 1 fully saturated rings. The summed E-state index contributed by atoms with van der Waals surface area (Å²) in [7, 11) is 0. The molecule has 1 saturated carbocycles. The second kappa shape index (κ2) is 3.53. The third-order valence-electron chi connectivity index (χ3n) is 2.94. The van der Waals surface area contributed by atoms with Crippen LogP contribution in [0.25, 0.3) is 0 Å². The Bertz CT molecular complexity index is 273. The Kier molecular flexibility index (Phi) is 2.39. The van der Waals surface area contributed by atoms with Crippen LogP contribution in [0.15, 0.2) is 18.2 Å². The summed E-state index contributed by atoms with van der Waals surface area (Å²) in [5.74, 6) is 0.900. The quantitative estimate of drug-likeness (QED) is 0.655. The Morgan fingerprint density at radius 1 is 1.00 bits per heavy atom. The standard InChI is InChI=1S/C13H18/c1-3-10-7-11(4-2)9-13(8-10)12-5-6-12/h7-9,12H,3-6H2,1-2H3. The number of aryl methyl sites for hydroxylation is 2. The van der Waals surface area contributed by atoms with Crippen molar-refractivity contribution < 1.29 is 0 Å². The monoisotopic (exact) mass is 174 g/mol. The summed E-state index contributed by atoms with van der Waals surface area (Å²) in [5.41, 5.74) is 4.62. The molecule has 0 amide bonds. The van der Waals surface area contributed by atoms with Gasteiger partial charge in [-0.15, -0.1) is 0 Å². The van der Waals surface area contributed by atoms with Gasteiger partial charge in [0.1, 0.15) is 0 Å². The van der Waals surface area contributed by atoms with E-state index in [0.717, 1.165) is 5.92 Å². The molecule has 0 bridgehead atoms. The van der Waals surface area contributed by atoms with E-state index in [-0.39, 0.29) is 0 Å². The summed E-state index contributed by atoms with van der Waals surface area (Å²) >= 11 is 0. The molecular formula is C13H18. The van der Waals surface area contributed by atoms with Gasteiger partial charge in [0.25, 0.3) is 0 Å². The minimum absolute atomic E-state index is 0.900. The van der Waals surface area contributed by atoms with Crippen molar-refractivity contribution in [2.24, 2.45) is 0 Å². The van der Waals surface area contributed by atoms with Crippen LogP contribution in [0.4, 0.5) is 0 Å². The van der Waals surface area contributed by atoms with Crippen LogP contribution in [-0.2, 0) is 12.8 Å². The smallest absolute Gasteiger partial charge is 0.0161 e. The Morgan fingerprint density at radius 3 is 1.92 bits per heavy atom. The van der Waals surface area contributed by atoms with E-state index < -0.39 is 0 Å². The lowest BCUT2D eigenvalue weighted by atomic mass is 10.00. The Balaban J connectivity index is 2.33. The Hall–Kier alpha value is -0.780. The number of hydrogen-bond donors (Lipinski definition) is 0. The van der Waals surface area contributed by atoms with Gasteiger partial charge in [-0.05, 0) is 48.3 Å². The molecule has 0 heterocycles. The largest absolute Gasteiger partial charge is 0.0613 e. The van der Waals surface area contributed by atoms with Crippen molar-refractivity contribution >= 4 is 0 Å². The van der Waals surface area contributed by atoms with Crippen molar-refractivity contribution in [1.82, 2.24) is 0 Å². The molecule has 0 spiro atoms. The minimum Gasteiger partial charge on any atom is -0.0613 e. The highest BCUT2D eigenvalue weighted by atomic mass is 14.3. The second-order valence-corrected chi connectivity index (χ2v) is 4.06. The molecule has 0 aromatic heterocycles. The molecule has 0 saturated heterocycles. The van der Waals surface area contributed by atoms with Crippen LogP contribution < -0.4 is 0 Å². The zero-order valence-electron chi connectivity index (χ0n) is 8.64. The topological polar surface area (TPSA) is 0 Å². The molecule has 0 radical (unpaired) electrons. The zero-order chi connectivity index (χ0) is 9.26. The summed E-state index contributed by atoms with van der Waals surface area (Å²) in [5, 5.41) is 0. The fourth-order valence-corrected chi connectivity index (χ4v) is 1.85. The number of hydrogen-bond acceptors (Lipinski definition) is 0. The maximum Gasteiger partial charge on any atom is -0.0161 e. The van der Waals surface area contributed by atoms with Crippen molar-refractivity contribution in [3.05, 3.63) is 34.9 Å². The van der Waals surface area contributed by atoms with Gasteiger partial charge in [0.2, 0.25) is 0 Å². The van der Waals surface area contributed by atoms with E-state index in [4.69, 9.17) is 0 Å². The predicted molar refractivity (Wildman–Crippen MR) is 57.2 cm³/mol. The molecule has 0 unspecified atom stereocenters. The fourth-order valence-electron chi connectivity index (χ4n) is 1.85. The molecule has 0 heteroatoms. The maximum absolute atomic E-state index is 2.40. The van der Waals surface area contributed by atoms with Gasteiger partial charge in [-0.2, -0.15) is 0 Å². The SMILES string of the molecule is CCc1cc(CC)cc(C2CC2)c1. The van der Waals surface area contributed by atoms with E-state index in [1.807, 2.05) is 0 Å². The van der Waals surface area contributed by atoms with Crippen LogP contribution in [0.3, 0.4) is 0 Å². The van der Waals surface area contributed by atoms with E-state index in [1.54, 1.807) is 5.56 Å². The van der Waals surface area contributed by atoms with Gasteiger partial charge < -0.3 is 0 Å². The predicted octanol–water partition coefficient (Wildman–Crippen LogP) is 3.69. The van der Waals surface area contributed by atoms with E-state index >= 15 is 0 Å². The van der Waals surface area contributed by atoms with Crippen molar-refractivity contribution in [2.45, 2.75) is 45.4 Å². The average Bonchev–Trinajstić information content (AvgIpc) is 3.00. The molecule has 0 N–H and O–H groups in total. The number of rotatable bonds is 3. The van der Waals surface area contributed by atoms with Gasteiger partial charge in [-0.25, -0.2) is 0 Å². The lowest BCUT2D eigenvalue weighted by Crippen LogP contribution is -1.90. The third kappa shape index (κ3) is 1.93. The first-order valence-electron chi connectivity index (χ1n) is 5.46. The second-order valence-electron chi connectivity index (χ2n) is 4.06. The molecule has 0 atom stereocenters. The van der Waals surface area contributed by atoms with Crippen LogP contribution in [0.5, 0.6) is 0 Å². The van der Waals surface area contributed by atoms with Crippen molar-refractivity contribution in [1.29, 1.82) is 0 Å². The normalized spacial score (nSPS) is 16.2. The van der Waals surface area contributed by atoms with E-state index in [0.29, 0.717) is 0 Å².